The van der Waals surface area contributed by atoms with Crippen molar-refractivity contribution in [1.29, 1.82) is 0 Å². The van der Waals surface area contributed by atoms with Gasteiger partial charge in [0.1, 0.15) is 5.82 Å². The number of hydrogen-bond donors (Lipinski definition) is 0. The van der Waals surface area contributed by atoms with Gasteiger partial charge in [-0.2, -0.15) is 22.7 Å². The van der Waals surface area contributed by atoms with E-state index in [0.29, 0.717) is 17.4 Å². The number of amides is 1. The van der Waals surface area contributed by atoms with Gasteiger partial charge in [-0.15, -0.1) is 0 Å². The Hall–Kier alpha value is -2.02. The predicted molar refractivity (Wildman–Crippen MR) is 116 cm³/mol. The van der Waals surface area contributed by atoms with Crippen LogP contribution in [0.25, 0.3) is 0 Å². The van der Waals surface area contributed by atoms with Crippen molar-refractivity contribution in [3.05, 3.63) is 80.4 Å². The van der Waals surface area contributed by atoms with Crippen LogP contribution in [0.15, 0.2) is 57.9 Å². The lowest BCUT2D eigenvalue weighted by Crippen LogP contribution is -2.47. The molecule has 2 aliphatic heterocycles. The quantitative estimate of drug-likeness (QED) is 0.581. The zero-order valence-electron chi connectivity index (χ0n) is 16.0. The van der Waals surface area contributed by atoms with Gasteiger partial charge in [-0.25, -0.2) is 4.39 Å². The summed E-state index contributed by atoms with van der Waals surface area (Å²) in [7, 11) is 0. The van der Waals surface area contributed by atoms with Crippen LogP contribution in [0, 0.1) is 11.7 Å². The van der Waals surface area contributed by atoms with Crippen LogP contribution >= 0.6 is 22.7 Å². The number of rotatable bonds is 4. The number of thiophene rings is 2. The molecule has 0 unspecified atom stereocenters. The van der Waals surface area contributed by atoms with Crippen LogP contribution in [0.2, 0.25) is 0 Å². The fourth-order valence-electron chi connectivity index (χ4n) is 4.92. The highest BCUT2D eigenvalue weighted by molar-refractivity contribution is 7.08. The van der Waals surface area contributed by atoms with Gasteiger partial charge in [0.25, 0.3) is 5.91 Å². The molecule has 0 aliphatic carbocycles. The largest absolute Gasteiger partial charge is 0.335 e. The Labute approximate surface area is 178 Å². The lowest BCUT2D eigenvalue weighted by molar-refractivity contribution is 0.0614. The van der Waals surface area contributed by atoms with E-state index in [1.807, 2.05) is 0 Å². The number of likely N-dealkylation sites (tertiary alicyclic amines) is 2. The number of benzene rings is 1. The third-order valence-electron chi connectivity index (χ3n) is 6.32. The zero-order chi connectivity index (χ0) is 19.8. The lowest BCUT2D eigenvalue weighted by atomic mass is 9.82. The molecule has 150 valence electrons. The molecule has 3 nitrogen and oxygen atoms in total. The van der Waals surface area contributed by atoms with Crippen molar-refractivity contribution >= 4 is 28.6 Å². The van der Waals surface area contributed by atoms with Crippen LogP contribution in [-0.4, -0.2) is 41.4 Å². The minimum atomic E-state index is -0.307. The Bertz CT molecular complexity index is 955. The molecule has 0 spiro atoms. The van der Waals surface area contributed by atoms with Gasteiger partial charge in [0.2, 0.25) is 0 Å². The first-order chi connectivity index (χ1) is 14.2. The highest BCUT2D eigenvalue weighted by atomic mass is 32.1. The second-order valence-corrected chi connectivity index (χ2v) is 9.57. The molecule has 6 heteroatoms. The first kappa shape index (κ1) is 19.0. The van der Waals surface area contributed by atoms with Crippen molar-refractivity contribution in [3.8, 4) is 0 Å². The van der Waals surface area contributed by atoms with Crippen molar-refractivity contribution in [2.45, 2.75) is 24.9 Å². The summed E-state index contributed by atoms with van der Waals surface area (Å²) in [6, 6.07) is 10.6. The third-order valence-corrected chi connectivity index (χ3v) is 7.76. The van der Waals surface area contributed by atoms with Gasteiger partial charge in [0.15, 0.2) is 0 Å². The Balaban J connectivity index is 1.39. The van der Waals surface area contributed by atoms with E-state index in [2.05, 4.69) is 43.5 Å². The number of fused-ring (bicyclic) bond motifs is 1. The van der Waals surface area contributed by atoms with Gasteiger partial charge in [-0.1, -0.05) is 0 Å². The summed E-state index contributed by atoms with van der Waals surface area (Å²) in [5.41, 5.74) is 3.30. The van der Waals surface area contributed by atoms with E-state index in [9.17, 15) is 9.18 Å². The number of carbonyl (C=O) groups excluding carboxylic acids is 1. The molecule has 0 N–H and O–H groups in total. The van der Waals surface area contributed by atoms with Crippen molar-refractivity contribution in [1.82, 2.24) is 9.80 Å². The van der Waals surface area contributed by atoms with E-state index in [-0.39, 0.29) is 17.8 Å². The molecular formula is C23H23FN2OS2. The van der Waals surface area contributed by atoms with Crippen LogP contribution in [-0.2, 0) is 6.54 Å². The molecule has 1 aromatic carbocycles. The van der Waals surface area contributed by atoms with Crippen LogP contribution in [0.1, 0.15) is 33.8 Å². The Morgan fingerprint density at radius 2 is 1.83 bits per heavy atom. The summed E-state index contributed by atoms with van der Waals surface area (Å²) in [4.78, 5) is 17.9. The van der Waals surface area contributed by atoms with Gasteiger partial charge < -0.3 is 4.90 Å². The smallest absolute Gasteiger partial charge is 0.254 e. The number of nitrogens with zero attached hydrogens (tertiary/aromatic N) is 2. The maximum absolute atomic E-state index is 13.3. The average Bonchev–Trinajstić information content (AvgIpc) is 3.49. The molecule has 2 fully saturated rings. The van der Waals surface area contributed by atoms with E-state index in [1.54, 1.807) is 34.8 Å². The molecule has 29 heavy (non-hydrogen) atoms. The number of halogens is 1. The molecule has 3 atom stereocenters. The Kier molecular flexibility index (Phi) is 5.24. The van der Waals surface area contributed by atoms with Crippen LogP contribution in [0.3, 0.4) is 0 Å². The van der Waals surface area contributed by atoms with Gasteiger partial charge in [0.05, 0.1) is 0 Å². The predicted octanol–water partition coefficient (Wildman–Crippen LogP) is 5.08. The van der Waals surface area contributed by atoms with Crippen molar-refractivity contribution in [2.75, 3.05) is 19.6 Å². The topological polar surface area (TPSA) is 23.6 Å². The molecule has 2 saturated heterocycles. The highest BCUT2D eigenvalue weighted by Gasteiger charge is 2.47. The van der Waals surface area contributed by atoms with E-state index in [0.717, 1.165) is 32.6 Å². The molecule has 5 rings (SSSR count). The van der Waals surface area contributed by atoms with Crippen LogP contribution < -0.4 is 0 Å². The SMILES string of the molecule is O=C(c1ccc(F)cc1)N1C[C@H](c2ccsc2)[C@H]2CN(Cc3ccsc3)CC[C@H]21. The monoisotopic (exact) mass is 426 g/mol. The molecule has 2 aromatic heterocycles. The number of hydrogen-bond acceptors (Lipinski definition) is 4. The third kappa shape index (κ3) is 3.77. The van der Waals surface area contributed by atoms with Gasteiger partial charge in [-0.3, -0.25) is 9.69 Å². The van der Waals surface area contributed by atoms with E-state index in [4.69, 9.17) is 0 Å². The number of piperidine rings is 1. The van der Waals surface area contributed by atoms with Crippen LogP contribution in [0.5, 0.6) is 0 Å². The van der Waals surface area contributed by atoms with Crippen LogP contribution in [0.4, 0.5) is 4.39 Å². The minimum absolute atomic E-state index is 0.0315. The second kappa shape index (κ2) is 8.01. The fraction of sp³-hybridized carbons (Fsp3) is 0.348. The summed E-state index contributed by atoms with van der Waals surface area (Å²) < 4.78 is 13.3. The summed E-state index contributed by atoms with van der Waals surface area (Å²) in [6.07, 6.45) is 0.988. The second-order valence-electron chi connectivity index (χ2n) is 8.01. The Morgan fingerprint density at radius 3 is 2.55 bits per heavy atom. The van der Waals surface area contributed by atoms with E-state index >= 15 is 0 Å². The zero-order valence-corrected chi connectivity index (χ0v) is 17.7. The maximum atomic E-state index is 13.3. The summed E-state index contributed by atoms with van der Waals surface area (Å²) in [5.74, 6) is 0.519. The normalized spacial score (nSPS) is 24.6. The van der Waals surface area contributed by atoms with Crippen molar-refractivity contribution < 1.29 is 9.18 Å². The van der Waals surface area contributed by atoms with Gasteiger partial charge in [-0.05, 0) is 75.5 Å². The summed E-state index contributed by atoms with van der Waals surface area (Å²) in [6.45, 7) is 3.73. The standard InChI is InChI=1S/C23H23FN2OS2/c24-19-3-1-17(2-4-19)23(27)26-13-20(18-7-10-29-15-18)21-12-25(8-5-22(21)26)11-16-6-9-28-14-16/h1-4,6-7,9-10,14-15,20-22H,5,8,11-13H2/t20-,21-,22-/m1/s1. The maximum Gasteiger partial charge on any atom is 0.254 e. The first-order valence-electron chi connectivity index (χ1n) is 10.0. The lowest BCUT2D eigenvalue weighted by Gasteiger charge is -2.38. The highest BCUT2D eigenvalue weighted by Crippen LogP contribution is 2.43. The summed E-state index contributed by atoms with van der Waals surface area (Å²) >= 11 is 3.46. The van der Waals surface area contributed by atoms with Crippen molar-refractivity contribution in [2.24, 2.45) is 5.92 Å². The average molecular weight is 427 g/mol. The molecule has 0 radical (unpaired) electrons. The van der Waals surface area contributed by atoms with Gasteiger partial charge in [0, 0.05) is 49.6 Å². The van der Waals surface area contributed by atoms with E-state index in [1.165, 1.54) is 23.3 Å². The van der Waals surface area contributed by atoms with Gasteiger partial charge >= 0.3 is 0 Å². The molecule has 0 bridgehead atoms. The van der Waals surface area contributed by atoms with E-state index < -0.39 is 0 Å². The molecule has 1 amide bonds. The first-order valence-corrected chi connectivity index (χ1v) is 11.9. The Morgan fingerprint density at radius 1 is 1.03 bits per heavy atom. The molecule has 2 aliphatic rings. The molecule has 3 aromatic rings. The van der Waals surface area contributed by atoms with Crippen molar-refractivity contribution in [3.63, 3.8) is 0 Å². The molecule has 0 saturated carbocycles. The summed E-state index contributed by atoms with van der Waals surface area (Å²) in [5, 5.41) is 8.71. The molecular weight excluding hydrogens is 403 g/mol. The molecule has 4 heterocycles. The minimum Gasteiger partial charge on any atom is -0.335 e. The number of carbonyl (C=O) groups is 1. The fourth-order valence-corrected chi connectivity index (χ4v) is 6.30.